The van der Waals surface area contributed by atoms with Gasteiger partial charge in [0.25, 0.3) is 0 Å². The minimum absolute atomic E-state index is 0. The molecule has 2 N–H and O–H groups in total. The van der Waals surface area contributed by atoms with Gasteiger partial charge in [0.1, 0.15) is 0 Å². The number of hydrogen-bond donors (Lipinski definition) is 2. The Balaban J connectivity index is 0.00000341. The van der Waals surface area contributed by atoms with E-state index in [1.807, 2.05) is 0 Å². The van der Waals surface area contributed by atoms with Crippen LogP contribution in [0.3, 0.4) is 0 Å². The molecule has 6 nitrogen and oxygen atoms in total. The van der Waals surface area contributed by atoms with Crippen molar-refractivity contribution in [3.8, 4) is 0 Å². The van der Waals surface area contributed by atoms with Crippen LogP contribution in [0.2, 0.25) is 0 Å². The van der Waals surface area contributed by atoms with Crippen LogP contribution in [0, 0.1) is 0 Å². The summed E-state index contributed by atoms with van der Waals surface area (Å²) in [4.78, 5) is 9.69. The molecule has 1 aromatic rings. The number of aliphatic imine (C=N–C) groups is 1. The van der Waals surface area contributed by atoms with Crippen LogP contribution < -0.4 is 15.5 Å². The first-order valence-corrected chi connectivity index (χ1v) is 11.5. The monoisotopic (exact) mass is 541 g/mol. The Hall–Kier alpha value is -1.32. The van der Waals surface area contributed by atoms with Crippen molar-refractivity contribution in [1.82, 2.24) is 15.5 Å². The molecule has 0 aromatic heterocycles. The molecule has 7 heteroatoms. The summed E-state index contributed by atoms with van der Waals surface area (Å²) in [6, 6.07) is 9.28. The normalized spacial score (nSPS) is 17.8. The Labute approximate surface area is 205 Å². The first-order chi connectivity index (χ1) is 14.6. The summed E-state index contributed by atoms with van der Waals surface area (Å²) in [5.41, 5.74) is 2.52. The summed E-state index contributed by atoms with van der Waals surface area (Å²) < 4.78 is 5.69. The van der Waals surface area contributed by atoms with Crippen LogP contribution in [0.25, 0.3) is 0 Å². The van der Waals surface area contributed by atoms with Crippen LogP contribution in [0.4, 0.5) is 5.69 Å². The fourth-order valence-electron chi connectivity index (χ4n) is 3.90. The average molecular weight is 542 g/mol. The SMILES string of the molecule is CCNC(=NCc1ccc(N2CC=CC2)cc1)NC1CCN(CCOC(C)C)CC1.I. The Morgan fingerprint density at radius 1 is 1.13 bits per heavy atom. The molecule has 2 aliphatic rings. The quantitative estimate of drug-likeness (QED) is 0.217. The molecule has 0 atom stereocenters. The molecule has 174 valence electrons. The average Bonchev–Trinajstić information content (AvgIpc) is 3.28. The summed E-state index contributed by atoms with van der Waals surface area (Å²) in [5.74, 6) is 0.923. The van der Waals surface area contributed by atoms with Gasteiger partial charge in [-0.3, -0.25) is 0 Å². The Morgan fingerprint density at radius 2 is 1.81 bits per heavy atom. The van der Waals surface area contributed by atoms with Crippen molar-refractivity contribution in [2.75, 3.05) is 50.8 Å². The fraction of sp³-hybridized carbons (Fsp3) is 0.625. The maximum atomic E-state index is 5.69. The lowest BCUT2D eigenvalue weighted by molar-refractivity contribution is 0.0532. The lowest BCUT2D eigenvalue weighted by Crippen LogP contribution is -2.49. The number of benzene rings is 1. The topological polar surface area (TPSA) is 52.1 Å². The highest BCUT2D eigenvalue weighted by atomic mass is 127. The fourth-order valence-corrected chi connectivity index (χ4v) is 3.90. The zero-order valence-electron chi connectivity index (χ0n) is 19.3. The van der Waals surface area contributed by atoms with Gasteiger partial charge in [0, 0.05) is 51.0 Å². The van der Waals surface area contributed by atoms with Gasteiger partial charge in [0.15, 0.2) is 5.96 Å². The predicted octanol–water partition coefficient (Wildman–Crippen LogP) is 3.63. The maximum Gasteiger partial charge on any atom is 0.191 e. The van der Waals surface area contributed by atoms with E-state index >= 15 is 0 Å². The van der Waals surface area contributed by atoms with E-state index in [0.29, 0.717) is 18.7 Å². The molecule has 0 unspecified atom stereocenters. The molecule has 1 fully saturated rings. The summed E-state index contributed by atoms with van der Waals surface area (Å²) in [6.07, 6.45) is 7.04. The number of nitrogens with one attached hydrogen (secondary N) is 2. The second-order valence-electron chi connectivity index (χ2n) is 8.42. The molecule has 0 bridgehead atoms. The van der Waals surface area contributed by atoms with Gasteiger partial charge < -0.3 is 25.2 Å². The Morgan fingerprint density at radius 3 is 2.42 bits per heavy atom. The highest BCUT2D eigenvalue weighted by molar-refractivity contribution is 14.0. The molecule has 0 spiro atoms. The lowest BCUT2D eigenvalue weighted by Gasteiger charge is -2.33. The number of rotatable bonds is 9. The van der Waals surface area contributed by atoms with Gasteiger partial charge in [-0.15, -0.1) is 24.0 Å². The lowest BCUT2D eigenvalue weighted by atomic mass is 10.1. The zero-order chi connectivity index (χ0) is 21.2. The number of nitrogens with zero attached hydrogens (tertiary/aromatic N) is 3. The van der Waals surface area contributed by atoms with E-state index in [2.05, 4.69) is 77.6 Å². The smallest absolute Gasteiger partial charge is 0.191 e. The van der Waals surface area contributed by atoms with Crippen LogP contribution in [0.5, 0.6) is 0 Å². The van der Waals surface area contributed by atoms with E-state index in [0.717, 1.165) is 64.7 Å². The Kier molecular flexibility index (Phi) is 11.7. The van der Waals surface area contributed by atoms with Gasteiger partial charge in [-0.1, -0.05) is 24.3 Å². The van der Waals surface area contributed by atoms with Gasteiger partial charge in [-0.05, 0) is 51.3 Å². The first kappa shape index (κ1) is 25.9. The Bertz CT molecular complexity index is 676. The van der Waals surface area contributed by atoms with Crippen LogP contribution in [-0.2, 0) is 11.3 Å². The van der Waals surface area contributed by atoms with Crippen molar-refractivity contribution in [3.05, 3.63) is 42.0 Å². The van der Waals surface area contributed by atoms with E-state index in [4.69, 9.17) is 9.73 Å². The molecule has 0 aliphatic carbocycles. The number of anilines is 1. The van der Waals surface area contributed by atoms with Crippen molar-refractivity contribution >= 4 is 35.6 Å². The molecule has 3 rings (SSSR count). The van der Waals surface area contributed by atoms with Gasteiger partial charge >= 0.3 is 0 Å². The van der Waals surface area contributed by atoms with Crippen molar-refractivity contribution < 1.29 is 4.74 Å². The number of guanidine groups is 1. The molecular formula is C24H40IN5O. The number of likely N-dealkylation sites (tertiary alicyclic amines) is 1. The number of ether oxygens (including phenoxy) is 1. The zero-order valence-corrected chi connectivity index (χ0v) is 21.7. The number of halogens is 1. The van der Waals surface area contributed by atoms with Crippen molar-refractivity contribution in [2.45, 2.75) is 52.3 Å². The third kappa shape index (κ3) is 8.98. The highest BCUT2D eigenvalue weighted by Crippen LogP contribution is 2.18. The molecule has 2 heterocycles. The van der Waals surface area contributed by atoms with Gasteiger partial charge in [0.05, 0.1) is 19.3 Å². The minimum atomic E-state index is 0. The van der Waals surface area contributed by atoms with Crippen molar-refractivity contribution in [2.24, 2.45) is 4.99 Å². The maximum absolute atomic E-state index is 5.69. The summed E-state index contributed by atoms with van der Waals surface area (Å²) in [5, 5.41) is 7.05. The van der Waals surface area contributed by atoms with Gasteiger partial charge in [-0.25, -0.2) is 4.99 Å². The first-order valence-electron chi connectivity index (χ1n) is 11.5. The molecule has 2 aliphatic heterocycles. The second kappa shape index (κ2) is 14.0. The molecule has 31 heavy (non-hydrogen) atoms. The van der Waals surface area contributed by atoms with Crippen LogP contribution in [0.15, 0.2) is 41.4 Å². The molecular weight excluding hydrogens is 501 g/mol. The van der Waals surface area contributed by atoms with E-state index in [9.17, 15) is 0 Å². The van der Waals surface area contributed by atoms with Crippen LogP contribution in [0.1, 0.15) is 39.2 Å². The summed E-state index contributed by atoms with van der Waals surface area (Å²) >= 11 is 0. The predicted molar refractivity (Wildman–Crippen MR) is 142 cm³/mol. The second-order valence-corrected chi connectivity index (χ2v) is 8.42. The van der Waals surface area contributed by atoms with E-state index in [1.54, 1.807) is 0 Å². The standard InChI is InChI=1S/C24H39N5O.HI/c1-4-25-24(27-22-11-15-28(16-12-22)17-18-30-20(2)3)26-19-21-7-9-23(10-8-21)29-13-5-6-14-29;/h5-10,20,22H,4,11-19H2,1-3H3,(H2,25,26,27);1H. The molecule has 1 aromatic carbocycles. The third-order valence-electron chi connectivity index (χ3n) is 5.67. The molecule has 0 saturated carbocycles. The summed E-state index contributed by atoms with van der Waals surface area (Å²) in [7, 11) is 0. The minimum Gasteiger partial charge on any atom is -0.377 e. The van der Waals surface area contributed by atoms with E-state index < -0.39 is 0 Å². The van der Waals surface area contributed by atoms with Gasteiger partial charge in [0.2, 0.25) is 0 Å². The van der Waals surface area contributed by atoms with E-state index in [-0.39, 0.29) is 24.0 Å². The van der Waals surface area contributed by atoms with Crippen molar-refractivity contribution in [1.29, 1.82) is 0 Å². The molecule has 0 amide bonds. The third-order valence-corrected chi connectivity index (χ3v) is 5.67. The largest absolute Gasteiger partial charge is 0.377 e. The highest BCUT2D eigenvalue weighted by Gasteiger charge is 2.19. The van der Waals surface area contributed by atoms with Crippen LogP contribution >= 0.6 is 24.0 Å². The van der Waals surface area contributed by atoms with Gasteiger partial charge in [-0.2, -0.15) is 0 Å². The molecule has 0 radical (unpaired) electrons. The number of piperidine rings is 1. The van der Waals surface area contributed by atoms with Crippen molar-refractivity contribution in [3.63, 3.8) is 0 Å². The molecule has 1 saturated heterocycles. The number of hydrogen-bond acceptors (Lipinski definition) is 4. The summed E-state index contributed by atoms with van der Waals surface area (Å²) in [6.45, 7) is 14.0. The van der Waals surface area contributed by atoms with E-state index in [1.165, 1.54) is 11.3 Å². The van der Waals surface area contributed by atoms with Crippen LogP contribution in [-0.4, -0.2) is 68.9 Å².